The quantitative estimate of drug-likeness (QED) is 0.886. The number of benzene rings is 1. The molecule has 0 aromatic heterocycles. The standard InChI is InChI=1S/C14H21ClN2O/c1-17(7-5-14-10-16-6-8-18-14)11-12-3-2-4-13(15)9-12/h2-4,9,14,16H,5-8,10-11H2,1H3. The molecule has 0 spiro atoms. The molecule has 1 aliphatic rings. The van der Waals surface area contributed by atoms with E-state index in [1.54, 1.807) is 0 Å². The zero-order chi connectivity index (χ0) is 12.8. The molecule has 100 valence electrons. The van der Waals surface area contributed by atoms with E-state index < -0.39 is 0 Å². The van der Waals surface area contributed by atoms with Crippen molar-refractivity contribution in [2.75, 3.05) is 33.3 Å². The molecule has 1 unspecified atom stereocenters. The Hall–Kier alpha value is -0.610. The molecule has 2 rings (SSSR count). The predicted octanol–water partition coefficient (Wildman–Crippen LogP) is 2.15. The molecule has 1 fully saturated rings. The zero-order valence-corrected chi connectivity index (χ0v) is 11.6. The van der Waals surface area contributed by atoms with Gasteiger partial charge >= 0.3 is 0 Å². The number of nitrogens with one attached hydrogen (secondary N) is 1. The minimum absolute atomic E-state index is 0.362. The molecule has 18 heavy (non-hydrogen) atoms. The highest BCUT2D eigenvalue weighted by Gasteiger charge is 2.13. The Bertz CT molecular complexity index is 367. The second kappa shape index (κ2) is 7.10. The fourth-order valence-electron chi connectivity index (χ4n) is 2.20. The van der Waals surface area contributed by atoms with E-state index in [-0.39, 0.29) is 0 Å². The molecule has 1 aromatic rings. The van der Waals surface area contributed by atoms with E-state index in [2.05, 4.69) is 23.3 Å². The number of ether oxygens (including phenoxy) is 1. The van der Waals surface area contributed by atoms with Crippen molar-refractivity contribution in [1.82, 2.24) is 10.2 Å². The van der Waals surface area contributed by atoms with Crippen LogP contribution in [0.5, 0.6) is 0 Å². The molecular weight excluding hydrogens is 248 g/mol. The maximum atomic E-state index is 5.98. The summed E-state index contributed by atoms with van der Waals surface area (Å²) >= 11 is 5.98. The van der Waals surface area contributed by atoms with Crippen molar-refractivity contribution in [3.8, 4) is 0 Å². The van der Waals surface area contributed by atoms with Crippen molar-refractivity contribution >= 4 is 11.6 Å². The Labute approximate surface area is 114 Å². The molecule has 3 nitrogen and oxygen atoms in total. The Morgan fingerprint density at radius 3 is 3.11 bits per heavy atom. The topological polar surface area (TPSA) is 24.5 Å². The minimum Gasteiger partial charge on any atom is -0.376 e. The van der Waals surface area contributed by atoms with Crippen LogP contribution in [0.4, 0.5) is 0 Å². The SMILES string of the molecule is CN(CCC1CNCCO1)Cc1cccc(Cl)c1. The molecule has 0 radical (unpaired) electrons. The number of nitrogens with zero attached hydrogens (tertiary/aromatic N) is 1. The summed E-state index contributed by atoms with van der Waals surface area (Å²) in [7, 11) is 2.14. The summed E-state index contributed by atoms with van der Waals surface area (Å²) in [6.07, 6.45) is 1.44. The van der Waals surface area contributed by atoms with E-state index >= 15 is 0 Å². The van der Waals surface area contributed by atoms with Gasteiger partial charge in [0.15, 0.2) is 0 Å². The van der Waals surface area contributed by atoms with Crippen molar-refractivity contribution in [1.29, 1.82) is 0 Å². The summed E-state index contributed by atoms with van der Waals surface area (Å²) in [6.45, 7) is 4.77. The lowest BCUT2D eigenvalue weighted by atomic mass is 10.2. The average molecular weight is 269 g/mol. The molecule has 1 N–H and O–H groups in total. The van der Waals surface area contributed by atoms with Crippen LogP contribution >= 0.6 is 11.6 Å². The van der Waals surface area contributed by atoms with Crippen LogP contribution in [0.3, 0.4) is 0 Å². The van der Waals surface area contributed by atoms with Gasteiger partial charge in [0, 0.05) is 31.2 Å². The molecule has 0 amide bonds. The van der Waals surface area contributed by atoms with Crippen LogP contribution in [-0.2, 0) is 11.3 Å². The Balaban J connectivity index is 1.72. The van der Waals surface area contributed by atoms with Gasteiger partial charge in [0.05, 0.1) is 12.7 Å². The van der Waals surface area contributed by atoms with Gasteiger partial charge in [-0.15, -0.1) is 0 Å². The lowest BCUT2D eigenvalue weighted by Crippen LogP contribution is -2.40. The van der Waals surface area contributed by atoms with E-state index in [0.29, 0.717) is 6.10 Å². The minimum atomic E-state index is 0.362. The van der Waals surface area contributed by atoms with Gasteiger partial charge in [-0.3, -0.25) is 0 Å². The second-order valence-corrected chi connectivity index (χ2v) is 5.29. The highest BCUT2D eigenvalue weighted by molar-refractivity contribution is 6.30. The van der Waals surface area contributed by atoms with Gasteiger partial charge in [0.25, 0.3) is 0 Å². The fourth-order valence-corrected chi connectivity index (χ4v) is 2.41. The third kappa shape index (κ3) is 4.58. The lowest BCUT2D eigenvalue weighted by molar-refractivity contribution is 0.0184. The van der Waals surface area contributed by atoms with Gasteiger partial charge in [0.2, 0.25) is 0 Å². The van der Waals surface area contributed by atoms with Gasteiger partial charge < -0.3 is 15.0 Å². The number of rotatable bonds is 5. The largest absolute Gasteiger partial charge is 0.376 e. The van der Waals surface area contributed by atoms with Gasteiger partial charge in [-0.2, -0.15) is 0 Å². The summed E-state index contributed by atoms with van der Waals surface area (Å²) in [5.41, 5.74) is 1.26. The lowest BCUT2D eigenvalue weighted by Gasteiger charge is -2.26. The second-order valence-electron chi connectivity index (χ2n) is 4.85. The Morgan fingerprint density at radius 2 is 2.39 bits per heavy atom. The maximum absolute atomic E-state index is 5.98. The number of hydrogen-bond acceptors (Lipinski definition) is 3. The molecule has 1 aliphatic heterocycles. The summed E-state index contributed by atoms with van der Waals surface area (Å²) < 4.78 is 5.69. The van der Waals surface area contributed by atoms with E-state index in [0.717, 1.165) is 44.2 Å². The van der Waals surface area contributed by atoms with Crippen LogP contribution in [0, 0.1) is 0 Å². The summed E-state index contributed by atoms with van der Waals surface area (Å²) in [6, 6.07) is 8.05. The van der Waals surface area contributed by atoms with Crippen LogP contribution in [0.1, 0.15) is 12.0 Å². The zero-order valence-electron chi connectivity index (χ0n) is 10.9. The number of halogens is 1. The third-order valence-corrected chi connectivity index (χ3v) is 3.41. The van der Waals surface area contributed by atoms with Crippen molar-refractivity contribution in [3.63, 3.8) is 0 Å². The monoisotopic (exact) mass is 268 g/mol. The van der Waals surface area contributed by atoms with E-state index in [9.17, 15) is 0 Å². The first-order chi connectivity index (χ1) is 8.74. The van der Waals surface area contributed by atoms with Crippen molar-refractivity contribution < 1.29 is 4.74 Å². The average Bonchev–Trinajstić information content (AvgIpc) is 2.38. The maximum Gasteiger partial charge on any atom is 0.0712 e. The molecule has 4 heteroatoms. The first-order valence-electron chi connectivity index (χ1n) is 6.49. The van der Waals surface area contributed by atoms with E-state index in [1.165, 1.54) is 5.56 Å². The van der Waals surface area contributed by atoms with E-state index in [1.807, 2.05) is 18.2 Å². The van der Waals surface area contributed by atoms with Gasteiger partial charge in [0.1, 0.15) is 0 Å². The smallest absolute Gasteiger partial charge is 0.0712 e. The van der Waals surface area contributed by atoms with Crippen molar-refractivity contribution in [3.05, 3.63) is 34.9 Å². The Kier molecular flexibility index (Phi) is 5.45. The predicted molar refractivity (Wildman–Crippen MR) is 75.0 cm³/mol. The fraction of sp³-hybridized carbons (Fsp3) is 0.571. The van der Waals surface area contributed by atoms with Crippen molar-refractivity contribution in [2.45, 2.75) is 19.1 Å². The number of morpholine rings is 1. The Morgan fingerprint density at radius 1 is 1.50 bits per heavy atom. The van der Waals surface area contributed by atoms with Crippen molar-refractivity contribution in [2.24, 2.45) is 0 Å². The van der Waals surface area contributed by atoms with Gasteiger partial charge in [-0.1, -0.05) is 23.7 Å². The molecule has 1 atom stereocenters. The molecule has 1 aromatic carbocycles. The van der Waals surface area contributed by atoms with Gasteiger partial charge in [-0.05, 0) is 31.2 Å². The molecular formula is C14H21ClN2O. The normalized spacial score (nSPS) is 20.3. The third-order valence-electron chi connectivity index (χ3n) is 3.18. The van der Waals surface area contributed by atoms with Crippen LogP contribution in [0.25, 0.3) is 0 Å². The molecule has 1 saturated heterocycles. The first kappa shape index (κ1) is 13.8. The highest BCUT2D eigenvalue weighted by Crippen LogP contribution is 2.12. The molecule has 0 aliphatic carbocycles. The molecule has 0 saturated carbocycles. The van der Waals surface area contributed by atoms with Crippen LogP contribution in [-0.4, -0.2) is 44.3 Å². The molecule has 0 bridgehead atoms. The van der Waals surface area contributed by atoms with Crippen LogP contribution < -0.4 is 5.32 Å². The summed E-state index contributed by atoms with van der Waals surface area (Å²) in [4.78, 5) is 2.31. The molecule has 1 heterocycles. The van der Waals surface area contributed by atoms with Crippen LogP contribution in [0.2, 0.25) is 5.02 Å². The van der Waals surface area contributed by atoms with Gasteiger partial charge in [-0.25, -0.2) is 0 Å². The first-order valence-corrected chi connectivity index (χ1v) is 6.87. The number of hydrogen-bond donors (Lipinski definition) is 1. The summed E-state index contributed by atoms with van der Waals surface area (Å²) in [5.74, 6) is 0. The highest BCUT2D eigenvalue weighted by atomic mass is 35.5. The summed E-state index contributed by atoms with van der Waals surface area (Å²) in [5, 5.41) is 4.16. The van der Waals surface area contributed by atoms with Crippen LogP contribution in [0.15, 0.2) is 24.3 Å². The van der Waals surface area contributed by atoms with E-state index in [4.69, 9.17) is 16.3 Å².